The second kappa shape index (κ2) is 6.40. The molecule has 3 nitrogen and oxygen atoms in total. The standard InChI is InChI=1S/C10H23NO2S/c1-4-10(5-2)8-14(12,13)9(3)6-7-11/h9-10H,4-8,11H2,1-3H3. The van der Waals surface area contributed by atoms with Gasteiger partial charge in [0.1, 0.15) is 0 Å². The highest BCUT2D eigenvalue weighted by Gasteiger charge is 2.23. The molecule has 1 unspecified atom stereocenters. The van der Waals surface area contributed by atoms with Gasteiger partial charge in [-0.25, -0.2) is 8.42 Å². The summed E-state index contributed by atoms with van der Waals surface area (Å²) >= 11 is 0. The lowest BCUT2D eigenvalue weighted by atomic mass is 10.1. The first-order valence-electron chi connectivity index (χ1n) is 5.39. The maximum absolute atomic E-state index is 11.8. The third kappa shape index (κ3) is 4.42. The largest absolute Gasteiger partial charge is 0.330 e. The van der Waals surface area contributed by atoms with Crippen LogP contribution in [0, 0.1) is 5.92 Å². The van der Waals surface area contributed by atoms with Crippen molar-refractivity contribution in [1.82, 2.24) is 0 Å². The summed E-state index contributed by atoms with van der Waals surface area (Å²) in [6, 6.07) is 0. The van der Waals surface area contributed by atoms with Gasteiger partial charge in [-0.15, -0.1) is 0 Å². The van der Waals surface area contributed by atoms with Crippen LogP contribution in [0.2, 0.25) is 0 Å². The molecule has 0 radical (unpaired) electrons. The second-order valence-electron chi connectivity index (χ2n) is 3.90. The average molecular weight is 221 g/mol. The fourth-order valence-electron chi connectivity index (χ4n) is 1.43. The average Bonchev–Trinajstić information content (AvgIpc) is 2.14. The topological polar surface area (TPSA) is 60.2 Å². The Labute approximate surface area is 88.0 Å². The molecule has 0 aromatic carbocycles. The molecule has 0 rings (SSSR count). The highest BCUT2D eigenvalue weighted by molar-refractivity contribution is 7.92. The molecule has 0 saturated heterocycles. The maximum atomic E-state index is 11.8. The van der Waals surface area contributed by atoms with Crippen LogP contribution >= 0.6 is 0 Å². The lowest BCUT2D eigenvalue weighted by molar-refractivity contribution is 0.516. The minimum Gasteiger partial charge on any atom is -0.330 e. The summed E-state index contributed by atoms with van der Waals surface area (Å²) in [4.78, 5) is 0. The van der Waals surface area contributed by atoms with Crippen LogP contribution in [-0.4, -0.2) is 26.0 Å². The molecular formula is C10H23NO2S. The van der Waals surface area contributed by atoms with Gasteiger partial charge in [-0.05, 0) is 25.8 Å². The summed E-state index contributed by atoms with van der Waals surface area (Å²) in [5, 5.41) is -0.284. The number of rotatable bonds is 7. The molecule has 86 valence electrons. The predicted octanol–water partition coefficient (Wildman–Crippen LogP) is 1.57. The van der Waals surface area contributed by atoms with Crippen molar-refractivity contribution >= 4 is 9.84 Å². The van der Waals surface area contributed by atoms with Crippen LogP contribution in [0.4, 0.5) is 0 Å². The van der Waals surface area contributed by atoms with Gasteiger partial charge in [-0.3, -0.25) is 0 Å². The molecule has 0 spiro atoms. The van der Waals surface area contributed by atoms with E-state index in [0.717, 1.165) is 12.8 Å². The molecular weight excluding hydrogens is 198 g/mol. The van der Waals surface area contributed by atoms with Crippen molar-refractivity contribution < 1.29 is 8.42 Å². The van der Waals surface area contributed by atoms with Crippen molar-refractivity contribution in [3.63, 3.8) is 0 Å². The Hall–Kier alpha value is -0.0900. The summed E-state index contributed by atoms with van der Waals surface area (Å²) in [6.45, 7) is 6.28. The van der Waals surface area contributed by atoms with Crippen molar-refractivity contribution in [3.8, 4) is 0 Å². The Morgan fingerprint density at radius 2 is 1.71 bits per heavy atom. The van der Waals surface area contributed by atoms with E-state index in [-0.39, 0.29) is 5.25 Å². The van der Waals surface area contributed by atoms with Gasteiger partial charge in [0.2, 0.25) is 0 Å². The molecule has 0 aliphatic heterocycles. The van der Waals surface area contributed by atoms with Crippen molar-refractivity contribution in [2.24, 2.45) is 11.7 Å². The second-order valence-corrected chi connectivity index (χ2v) is 6.36. The fourth-order valence-corrected chi connectivity index (χ4v) is 3.38. The number of hydrogen-bond acceptors (Lipinski definition) is 3. The first-order valence-corrected chi connectivity index (χ1v) is 7.11. The molecule has 4 heteroatoms. The van der Waals surface area contributed by atoms with Crippen LogP contribution in [0.15, 0.2) is 0 Å². The number of hydrogen-bond donors (Lipinski definition) is 1. The molecule has 2 N–H and O–H groups in total. The summed E-state index contributed by atoms with van der Waals surface area (Å²) < 4.78 is 23.6. The van der Waals surface area contributed by atoms with Gasteiger partial charge in [0.15, 0.2) is 9.84 Å². The van der Waals surface area contributed by atoms with Crippen molar-refractivity contribution in [2.75, 3.05) is 12.3 Å². The van der Waals surface area contributed by atoms with E-state index >= 15 is 0 Å². The highest BCUT2D eigenvalue weighted by atomic mass is 32.2. The van der Waals surface area contributed by atoms with Gasteiger partial charge in [0, 0.05) is 0 Å². The fraction of sp³-hybridized carbons (Fsp3) is 1.00. The van der Waals surface area contributed by atoms with E-state index < -0.39 is 9.84 Å². The normalized spacial score (nSPS) is 14.6. The van der Waals surface area contributed by atoms with E-state index in [0.29, 0.717) is 24.6 Å². The predicted molar refractivity (Wildman–Crippen MR) is 61.0 cm³/mol. The molecule has 14 heavy (non-hydrogen) atoms. The van der Waals surface area contributed by atoms with Crippen LogP contribution in [0.3, 0.4) is 0 Å². The zero-order chi connectivity index (χ0) is 11.2. The van der Waals surface area contributed by atoms with E-state index in [1.807, 2.05) is 13.8 Å². The summed E-state index contributed by atoms with van der Waals surface area (Å²) in [5.41, 5.74) is 5.36. The monoisotopic (exact) mass is 221 g/mol. The van der Waals surface area contributed by atoms with Gasteiger partial charge >= 0.3 is 0 Å². The molecule has 0 heterocycles. The molecule has 0 fully saturated rings. The zero-order valence-electron chi connectivity index (χ0n) is 9.49. The van der Waals surface area contributed by atoms with Gasteiger partial charge in [0.25, 0.3) is 0 Å². The molecule has 0 aliphatic carbocycles. The van der Waals surface area contributed by atoms with Crippen molar-refractivity contribution in [3.05, 3.63) is 0 Å². The number of sulfone groups is 1. The smallest absolute Gasteiger partial charge is 0.153 e. The van der Waals surface area contributed by atoms with Gasteiger partial charge in [-0.2, -0.15) is 0 Å². The Morgan fingerprint density at radius 1 is 1.21 bits per heavy atom. The van der Waals surface area contributed by atoms with Crippen LogP contribution in [0.25, 0.3) is 0 Å². The SMILES string of the molecule is CCC(CC)CS(=O)(=O)C(C)CCN. The van der Waals surface area contributed by atoms with Crippen molar-refractivity contribution in [1.29, 1.82) is 0 Å². The summed E-state index contributed by atoms with van der Waals surface area (Å²) in [6.07, 6.45) is 2.44. The first kappa shape index (κ1) is 13.9. The Bertz CT molecular complexity index is 233. The maximum Gasteiger partial charge on any atom is 0.153 e. The molecule has 0 aromatic rings. The zero-order valence-corrected chi connectivity index (χ0v) is 10.3. The molecule has 0 aromatic heterocycles. The molecule has 0 saturated carbocycles. The minimum absolute atomic E-state index is 0.284. The number of nitrogens with two attached hydrogens (primary N) is 1. The summed E-state index contributed by atoms with van der Waals surface area (Å²) in [5.74, 6) is 0.626. The third-order valence-corrected chi connectivity index (χ3v) is 5.21. The van der Waals surface area contributed by atoms with E-state index in [9.17, 15) is 8.42 Å². The van der Waals surface area contributed by atoms with Crippen LogP contribution in [0.5, 0.6) is 0 Å². The Morgan fingerprint density at radius 3 is 2.07 bits per heavy atom. The van der Waals surface area contributed by atoms with Crippen LogP contribution in [0.1, 0.15) is 40.0 Å². The Balaban J connectivity index is 4.32. The molecule has 0 amide bonds. The quantitative estimate of drug-likeness (QED) is 0.710. The first-order chi connectivity index (χ1) is 6.47. The molecule has 0 bridgehead atoms. The highest BCUT2D eigenvalue weighted by Crippen LogP contribution is 2.15. The Kier molecular flexibility index (Phi) is 6.36. The lowest BCUT2D eigenvalue weighted by Crippen LogP contribution is -2.27. The van der Waals surface area contributed by atoms with E-state index in [4.69, 9.17) is 5.73 Å². The van der Waals surface area contributed by atoms with Crippen LogP contribution < -0.4 is 5.73 Å². The van der Waals surface area contributed by atoms with E-state index in [2.05, 4.69) is 0 Å². The van der Waals surface area contributed by atoms with Gasteiger partial charge < -0.3 is 5.73 Å². The summed E-state index contributed by atoms with van der Waals surface area (Å²) in [7, 11) is -2.93. The minimum atomic E-state index is -2.93. The van der Waals surface area contributed by atoms with E-state index in [1.165, 1.54) is 0 Å². The van der Waals surface area contributed by atoms with Gasteiger partial charge in [0.05, 0.1) is 11.0 Å². The van der Waals surface area contributed by atoms with Crippen molar-refractivity contribution in [2.45, 2.75) is 45.3 Å². The molecule has 0 aliphatic rings. The third-order valence-electron chi connectivity index (χ3n) is 2.81. The molecule has 1 atom stereocenters. The van der Waals surface area contributed by atoms with E-state index in [1.54, 1.807) is 6.92 Å². The van der Waals surface area contributed by atoms with Gasteiger partial charge in [-0.1, -0.05) is 26.7 Å². The lowest BCUT2D eigenvalue weighted by Gasteiger charge is -2.16. The van der Waals surface area contributed by atoms with Crippen LogP contribution in [-0.2, 0) is 9.84 Å².